The van der Waals surface area contributed by atoms with Gasteiger partial charge >= 0.3 is 0 Å². The molecule has 1 unspecified atom stereocenters. The molecule has 2 rings (SSSR count). The maximum Gasteiger partial charge on any atom is 0.290 e. The highest BCUT2D eigenvalue weighted by atomic mass is 16.5. The number of carbonyl (C=O) groups is 2. The zero-order chi connectivity index (χ0) is 20.4. The van der Waals surface area contributed by atoms with Gasteiger partial charge in [-0.25, -0.2) is 0 Å². The second-order valence-corrected chi connectivity index (χ2v) is 8.37. The van der Waals surface area contributed by atoms with Gasteiger partial charge < -0.3 is 14.7 Å². The zero-order valence-electron chi connectivity index (χ0n) is 17.2. The molecule has 27 heavy (non-hydrogen) atoms. The number of amides is 1. The average molecular weight is 373 g/mol. The highest BCUT2D eigenvalue weighted by Gasteiger charge is 2.46. The van der Waals surface area contributed by atoms with Crippen molar-refractivity contribution in [2.45, 2.75) is 60.1 Å². The summed E-state index contributed by atoms with van der Waals surface area (Å²) in [5.41, 5.74) is 1.35. The molecule has 1 amide bonds. The van der Waals surface area contributed by atoms with Crippen LogP contribution < -0.4 is 0 Å². The zero-order valence-corrected chi connectivity index (χ0v) is 17.2. The molecular weight excluding hydrogens is 342 g/mol. The van der Waals surface area contributed by atoms with Crippen LogP contribution in [-0.4, -0.2) is 41.0 Å². The highest BCUT2D eigenvalue weighted by Crippen LogP contribution is 2.41. The number of hydrogen-bond acceptors (Lipinski definition) is 4. The predicted octanol–water partition coefficient (Wildman–Crippen LogP) is 4.12. The molecular formula is C22H31NO4. The molecule has 1 aromatic rings. The number of carbonyl (C=O) groups excluding carboxylic acids is 2. The summed E-state index contributed by atoms with van der Waals surface area (Å²) < 4.78 is 5.58. The number of hydrogen-bond donors (Lipinski definition) is 1. The molecule has 1 aliphatic rings. The number of ketones is 1. The first kappa shape index (κ1) is 21.2. The summed E-state index contributed by atoms with van der Waals surface area (Å²) in [6.45, 7) is 12.2. The van der Waals surface area contributed by atoms with Crippen LogP contribution in [0.15, 0.2) is 35.6 Å². The SMILES string of the molecule is Cc1ccccc1C1C(C(=O)C(C)(C)C)=C(O)C(=O)N1CCCOC(C)C. The van der Waals surface area contributed by atoms with E-state index in [4.69, 9.17) is 4.74 Å². The van der Waals surface area contributed by atoms with Gasteiger partial charge in [0.1, 0.15) is 0 Å². The Morgan fingerprint density at radius 3 is 2.44 bits per heavy atom. The molecule has 1 N–H and O–H groups in total. The second-order valence-electron chi connectivity index (χ2n) is 8.37. The molecule has 0 fully saturated rings. The molecule has 0 aromatic heterocycles. The fourth-order valence-corrected chi connectivity index (χ4v) is 3.29. The van der Waals surface area contributed by atoms with Gasteiger partial charge in [-0.2, -0.15) is 0 Å². The van der Waals surface area contributed by atoms with Crippen LogP contribution in [0.4, 0.5) is 0 Å². The molecule has 5 nitrogen and oxygen atoms in total. The largest absolute Gasteiger partial charge is 0.503 e. The average Bonchev–Trinajstić information content (AvgIpc) is 2.82. The summed E-state index contributed by atoms with van der Waals surface area (Å²) in [6.07, 6.45) is 0.757. The van der Waals surface area contributed by atoms with Gasteiger partial charge in [-0.3, -0.25) is 9.59 Å². The lowest BCUT2D eigenvalue weighted by molar-refractivity contribution is -0.129. The van der Waals surface area contributed by atoms with Crippen LogP contribution in [0.1, 0.15) is 58.2 Å². The number of nitrogens with zero attached hydrogens (tertiary/aromatic N) is 1. The van der Waals surface area contributed by atoms with Crippen LogP contribution in [-0.2, 0) is 14.3 Å². The van der Waals surface area contributed by atoms with Crippen molar-refractivity contribution in [3.8, 4) is 0 Å². The Balaban J connectivity index is 2.41. The fourth-order valence-electron chi connectivity index (χ4n) is 3.29. The highest BCUT2D eigenvalue weighted by molar-refractivity contribution is 6.10. The van der Waals surface area contributed by atoms with Crippen molar-refractivity contribution in [3.63, 3.8) is 0 Å². The minimum absolute atomic E-state index is 0.121. The van der Waals surface area contributed by atoms with Gasteiger partial charge in [0.25, 0.3) is 5.91 Å². The topological polar surface area (TPSA) is 66.8 Å². The number of aliphatic hydroxyl groups is 1. The Hall–Kier alpha value is -2.14. The number of aryl methyl sites for hydroxylation is 1. The van der Waals surface area contributed by atoms with Gasteiger partial charge in [0.2, 0.25) is 0 Å². The van der Waals surface area contributed by atoms with E-state index in [0.717, 1.165) is 11.1 Å². The van der Waals surface area contributed by atoms with Gasteiger partial charge in [0.15, 0.2) is 11.5 Å². The molecule has 1 heterocycles. The van der Waals surface area contributed by atoms with E-state index in [1.807, 2.05) is 45.0 Å². The first-order valence-electron chi connectivity index (χ1n) is 9.51. The van der Waals surface area contributed by atoms with Gasteiger partial charge in [-0.05, 0) is 38.3 Å². The van der Waals surface area contributed by atoms with Crippen LogP contribution in [0.3, 0.4) is 0 Å². The molecule has 0 saturated heterocycles. The second kappa shape index (κ2) is 8.26. The minimum atomic E-state index is -0.693. The molecule has 0 aliphatic carbocycles. The summed E-state index contributed by atoms with van der Waals surface area (Å²) in [5, 5.41) is 10.6. The number of Topliss-reactive ketones (excluding diaryl/α,β-unsaturated/α-hetero) is 1. The Bertz CT molecular complexity index is 743. The van der Waals surface area contributed by atoms with Gasteiger partial charge in [0.05, 0.1) is 17.7 Å². The lowest BCUT2D eigenvalue weighted by atomic mass is 9.81. The van der Waals surface area contributed by atoms with Gasteiger partial charge in [-0.1, -0.05) is 45.0 Å². The van der Waals surface area contributed by atoms with E-state index in [-0.39, 0.29) is 17.5 Å². The van der Waals surface area contributed by atoms with E-state index in [1.165, 1.54) is 0 Å². The van der Waals surface area contributed by atoms with Crippen LogP contribution in [0.25, 0.3) is 0 Å². The van der Waals surface area contributed by atoms with Crippen molar-refractivity contribution < 1.29 is 19.4 Å². The number of benzene rings is 1. The summed E-state index contributed by atoms with van der Waals surface area (Å²) in [4.78, 5) is 27.5. The molecule has 148 valence electrons. The number of ether oxygens (including phenoxy) is 1. The van der Waals surface area contributed by atoms with Crippen molar-refractivity contribution >= 4 is 11.7 Å². The smallest absolute Gasteiger partial charge is 0.290 e. The Morgan fingerprint density at radius 1 is 1.26 bits per heavy atom. The first-order valence-corrected chi connectivity index (χ1v) is 9.51. The van der Waals surface area contributed by atoms with Crippen molar-refractivity contribution in [3.05, 3.63) is 46.7 Å². The lowest BCUT2D eigenvalue weighted by Crippen LogP contribution is -2.34. The quantitative estimate of drug-likeness (QED) is 0.730. The maximum atomic E-state index is 13.1. The first-order chi connectivity index (χ1) is 12.6. The lowest BCUT2D eigenvalue weighted by Gasteiger charge is -2.30. The van der Waals surface area contributed by atoms with E-state index in [0.29, 0.717) is 19.6 Å². The van der Waals surface area contributed by atoms with Gasteiger partial charge in [-0.15, -0.1) is 0 Å². The van der Waals surface area contributed by atoms with Crippen LogP contribution in [0.5, 0.6) is 0 Å². The van der Waals surface area contributed by atoms with Crippen LogP contribution >= 0.6 is 0 Å². The minimum Gasteiger partial charge on any atom is -0.503 e. The third kappa shape index (κ3) is 4.59. The van der Waals surface area contributed by atoms with Crippen molar-refractivity contribution in [2.75, 3.05) is 13.2 Å². The van der Waals surface area contributed by atoms with E-state index < -0.39 is 23.1 Å². The standard InChI is InChI=1S/C22H31NO4/c1-14(2)27-13-9-12-23-18(16-11-8-7-10-15(16)3)17(19(24)21(23)26)20(25)22(4,5)6/h7-8,10-11,14,18,24H,9,12-13H2,1-6H3. The Labute approximate surface area is 162 Å². The summed E-state index contributed by atoms with van der Waals surface area (Å²) >= 11 is 0. The molecule has 0 bridgehead atoms. The van der Waals surface area contributed by atoms with E-state index >= 15 is 0 Å². The molecule has 0 radical (unpaired) electrons. The maximum absolute atomic E-state index is 13.1. The van der Waals surface area contributed by atoms with Gasteiger partial charge in [0, 0.05) is 18.6 Å². The van der Waals surface area contributed by atoms with E-state index in [1.54, 1.807) is 25.7 Å². The molecule has 0 spiro atoms. The summed E-state index contributed by atoms with van der Waals surface area (Å²) in [6, 6.07) is 7.12. The number of aliphatic hydroxyl groups excluding tert-OH is 1. The third-order valence-electron chi connectivity index (χ3n) is 4.71. The summed E-state index contributed by atoms with van der Waals surface area (Å²) in [7, 11) is 0. The molecule has 1 aliphatic heterocycles. The normalized spacial score (nSPS) is 18.0. The Kier molecular flexibility index (Phi) is 6.47. The molecule has 1 atom stereocenters. The Morgan fingerprint density at radius 2 is 1.89 bits per heavy atom. The van der Waals surface area contributed by atoms with Crippen LogP contribution in [0, 0.1) is 12.3 Å². The molecule has 0 saturated carbocycles. The van der Waals surface area contributed by atoms with E-state index in [9.17, 15) is 14.7 Å². The van der Waals surface area contributed by atoms with Crippen molar-refractivity contribution in [2.24, 2.45) is 5.41 Å². The monoisotopic (exact) mass is 373 g/mol. The van der Waals surface area contributed by atoms with Crippen LogP contribution in [0.2, 0.25) is 0 Å². The van der Waals surface area contributed by atoms with Crippen molar-refractivity contribution in [1.29, 1.82) is 0 Å². The summed E-state index contributed by atoms with van der Waals surface area (Å²) in [5.74, 6) is -1.11. The molecule has 5 heteroatoms. The molecule has 1 aromatic carbocycles. The van der Waals surface area contributed by atoms with E-state index in [2.05, 4.69) is 0 Å². The predicted molar refractivity (Wildman–Crippen MR) is 105 cm³/mol. The number of rotatable bonds is 7. The fraction of sp³-hybridized carbons (Fsp3) is 0.545. The van der Waals surface area contributed by atoms with Crippen molar-refractivity contribution in [1.82, 2.24) is 4.90 Å². The third-order valence-corrected chi connectivity index (χ3v) is 4.71.